The van der Waals surface area contributed by atoms with Crippen LogP contribution in [0.15, 0.2) is 18.3 Å². The van der Waals surface area contributed by atoms with Gasteiger partial charge in [0, 0.05) is 18.3 Å². The third-order valence-electron chi connectivity index (χ3n) is 2.53. The van der Waals surface area contributed by atoms with Crippen molar-refractivity contribution in [2.45, 2.75) is 13.3 Å². The van der Waals surface area contributed by atoms with Crippen molar-refractivity contribution in [2.24, 2.45) is 0 Å². The van der Waals surface area contributed by atoms with Crippen molar-refractivity contribution in [3.05, 3.63) is 39.4 Å². The van der Waals surface area contributed by atoms with Crippen molar-refractivity contribution in [1.82, 2.24) is 9.97 Å². The van der Waals surface area contributed by atoms with Gasteiger partial charge in [-0.2, -0.15) is 0 Å². The zero-order valence-corrected chi connectivity index (χ0v) is 12.7. The van der Waals surface area contributed by atoms with Gasteiger partial charge < -0.3 is 5.32 Å². The van der Waals surface area contributed by atoms with Crippen LogP contribution in [0.25, 0.3) is 11.4 Å². The van der Waals surface area contributed by atoms with Gasteiger partial charge in [-0.25, -0.2) is 23.1 Å². The highest BCUT2D eigenvalue weighted by Crippen LogP contribution is 2.23. The van der Waals surface area contributed by atoms with E-state index >= 15 is 0 Å². The van der Waals surface area contributed by atoms with Crippen LogP contribution in [0, 0.1) is 21.0 Å². The standard InChI is InChI=1S/C13H11F3IN3/c1-2-3-18-13-10(17)6-19-12(20-13)7-4-8(14)11(16)9(15)5-7/h4-6H,2-3H2,1H3,(H,18,19,20). The molecule has 1 heterocycles. The molecule has 2 aromatic rings. The lowest BCUT2D eigenvalue weighted by Crippen LogP contribution is -2.06. The van der Waals surface area contributed by atoms with Gasteiger partial charge in [0.05, 0.1) is 3.57 Å². The Balaban J connectivity index is 2.42. The average Bonchev–Trinajstić information content (AvgIpc) is 2.43. The maximum atomic E-state index is 13.2. The van der Waals surface area contributed by atoms with Crippen molar-refractivity contribution < 1.29 is 13.2 Å². The molecule has 0 atom stereocenters. The van der Waals surface area contributed by atoms with Gasteiger partial charge in [0.1, 0.15) is 5.82 Å². The fraction of sp³-hybridized carbons (Fsp3) is 0.231. The van der Waals surface area contributed by atoms with Crippen LogP contribution in [0.1, 0.15) is 13.3 Å². The average molecular weight is 393 g/mol. The first-order chi connectivity index (χ1) is 9.52. The molecular weight excluding hydrogens is 382 g/mol. The Labute approximate surface area is 127 Å². The molecule has 2 rings (SSSR count). The molecule has 7 heteroatoms. The molecule has 0 radical (unpaired) electrons. The number of hydrogen-bond acceptors (Lipinski definition) is 3. The summed E-state index contributed by atoms with van der Waals surface area (Å²) < 4.78 is 40.2. The molecule has 0 saturated heterocycles. The normalized spacial score (nSPS) is 10.7. The first kappa shape index (κ1) is 15.0. The molecule has 0 spiro atoms. The third kappa shape index (κ3) is 3.20. The molecular formula is C13H11F3IN3. The molecule has 1 N–H and O–H groups in total. The molecule has 0 fully saturated rings. The second-order valence-corrected chi connectivity index (χ2v) is 5.23. The van der Waals surface area contributed by atoms with Crippen LogP contribution in [-0.2, 0) is 0 Å². The Morgan fingerprint density at radius 1 is 1.20 bits per heavy atom. The van der Waals surface area contributed by atoms with Crippen molar-refractivity contribution in [3.8, 4) is 11.4 Å². The minimum absolute atomic E-state index is 0.0948. The molecule has 20 heavy (non-hydrogen) atoms. The van der Waals surface area contributed by atoms with E-state index in [1.165, 1.54) is 0 Å². The van der Waals surface area contributed by atoms with Gasteiger partial charge in [-0.1, -0.05) is 6.92 Å². The van der Waals surface area contributed by atoms with Gasteiger partial charge in [-0.15, -0.1) is 0 Å². The van der Waals surface area contributed by atoms with E-state index in [1.807, 2.05) is 6.92 Å². The molecule has 106 valence electrons. The maximum Gasteiger partial charge on any atom is 0.194 e. The minimum atomic E-state index is -1.50. The number of aromatic nitrogens is 2. The number of hydrogen-bond donors (Lipinski definition) is 1. The van der Waals surface area contributed by atoms with Crippen LogP contribution in [0.3, 0.4) is 0 Å². The quantitative estimate of drug-likeness (QED) is 0.631. The summed E-state index contributed by atoms with van der Waals surface area (Å²) in [6.45, 7) is 2.73. The lowest BCUT2D eigenvalue weighted by molar-refractivity contribution is 0.447. The highest BCUT2D eigenvalue weighted by molar-refractivity contribution is 14.1. The van der Waals surface area contributed by atoms with Gasteiger partial charge in [0.15, 0.2) is 23.3 Å². The van der Waals surface area contributed by atoms with E-state index in [2.05, 4.69) is 37.9 Å². The lowest BCUT2D eigenvalue weighted by Gasteiger charge is -2.08. The van der Waals surface area contributed by atoms with Gasteiger partial charge in [-0.3, -0.25) is 0 Å². The fourth-order valence-corrected chi connectivity index (χ4v) is 2.01. The van der Waals surface area contributed by atoms with Crippen LogP contribution in [0.2, 0.25) is 0 Å². The van der Waals surface area contributed by atoms with E-state index in [9.17, 15) is 13.2 Å². The Bertz CT molecular complexity index is 611. The summed E-state index contributed by atoms with van der Waals surface area (Å²) in [5.74, 6) is -3.29. The van der Waals surface area contributed by atoms with E-state index in [1.54, 1.807) is 6.20 Å². The van der Waals surface area contributed by atoms with Crippen molar-refractivity contribution in [2.75, 3.05) is 11.9 Å². The van der Waals surface area contributed by atoms with E-state index < -0.39 is 17.5 Å². The number of anilines is 1. The summed E-state index contributed by atoms with van der Waals surface area (Å²) in [7, 11) is 0. The number of nitrogens with one attached hydrogen (secondary N) is 1. The lowest BCUT2D eigenvalue weighted by atomic mass is 10.2. The molecule has 3 nitrogen and oxygen atoms in total. The summed E-state index contributed by atoms with van der Waals surface area (Å²) in [4.78, 5) is 8.22. The maximum absolute atomic E-state index is 13.2. The molecule has 1 aromatic carbocycles. The van der Waals surface area contributed by atoms with Crippen molar-refractivity contribution >= 4 is 28.4 Å². The van der Waals surface area contributed by atoms with E-state index in [0.29, 0.717) is 5.82 Å². The molecule has 1 aromatic heterocycles. The molecule has 0 aliphatic heterocycles. The Kier molecular flexibility index (Phi) is 4.79. The molecule has 0 aliphatic rings. The molecule has 0 unspecified atom stereocenters. The summed E-state index contributed by atoms with van der Waals surface area (Å²) in [5.41, 5.74) is 0.0948. The van der Waals surface area contributed by atoms with E-state index in [-0.39, 0.29) is 11.4 Å². The predicted molar refractivity (Wildman–Crippen MR) is 78.8 cm³/mol. The third-order valence-corrected chi connectivity index (χ3v) is 3.32. The fourth-order valence-electron chi connectivity index (χ4n) is 1.56. The molecule has 0 saturated carbocycles. The van der Waals surface area contributed by atoms with Crippen molar-refractivity contribution in [1.29, 1.82) is 0 Å². The SMILES string of the molecule is CCCNc1nc(-c2cc(F)c(F)c(F)c2)ncc1I. The monoisotopic (exact) mass is 393 g/mol. The summed E-state index contributed by atoms with van der Waals surface area (Å²) in [5, 5.41) is 3.09. The van der Waals surface area contributed by atoms with E-state index in [0.717, 1.165) is 28.7 Å². The second-order valence-electron chi connectivity index (χ2n) is 4.07. The first-order valence-electron chi connectivity index (χ1n) is 5.94. The number of nitrogens with zero attached hydrogens (tertiary/aromatic N) is 2. The highest BCUT2D eigenvalue weighted by Gasteiger charge is 2.14. The topological polar surface area (TPSA) is 37.8 Å². The number of halogens is 4. The van der Waals surface area contributed by atoms with Gasteiger partial charge >= 0.3 is 0 Å². The molecule has 0 amide bonds. The van der Waals surface area contributed by atoms with Crippen LogP contribution in [-0.4, -0.2) is 16.5 Å². The highest BCUT2D eigenvalue weighted by atomic mass is 127. The van der Waals surface area contributed by atoms with Crippen LogP contribution < -0.4 is 5.32 Å². The van der Waals surface area contributed by atoms with Crippen LogP contribution >= 0.6 is 22.6 Å². The Hall–Kier alpha value is -1.38. The van der Waals surface area contributed by atoms with Gasteiger partial charge in [0.25, 0.3) is 0 Å². The number of rotatable bonds is 4. The largest absolute Gasteiger partial charge is 0.369 e. The summed E-state index contributed by atoms with van der Waals surface area (Å²) in [6.07, 6.45) is 2.45. The minimum Gasteiger partial charge on any atom is -0.369 e. The van der Waals surface area contributed by atoms with Gasteiger partial charge in [0.2, 0.25) is 0 Å². The smallest absolute Gasteiger partial charge is 0.194 e. The summed E-state index contributed by atoms with van der Waals surface area (Å²) >= 11 is 2.06. The second kappa shape index (κ2) is 6.38. The van der Waals surface area contributed by atoms with Crippen molar-refractivity contribution in [3.63, 3.8) is 0 Å². The van der Waals surface area contributed by atoms with Crippen LogP contribution in [0.4, 0.5) is 19.0 Å². The van der Waals surface area contributed by atoms with Gasteiger partial charge in [-0.05, 0) is 41.1 Å². The Morgan fingerprint density at radius 3 is 2.45 bits per heavy atom. The number of benzene rings is 1. The summed E-state index contributed by atoms with van der Waals surface area (Å²) in [6, 6.07) is 1.76. The van der Waals surface area contributed by atoms with E-state index in [4.69, 9.17) is 0 Å². The predicted octanol–water partition coefficient (Wildman–Crippen LogP) is 3.99. The Morgan fingerprint density at radius 2 is 1.85 bits per heavy atom. The first-order valence-corrected chi connectivity index (χ1v) is 7.02. The zero-order valence-electron chi connectivity index (χ0n) is 10.6. The molecule has 0 bridgehead atoms. The van der Waals surface area contributed by atoms with Crippen LogP contribution in [0.5, 0.6) is 0 Å². The zero-order chi connectivity index (χ0) is 14.7. The molecule has 0 aliphatic carbocycles.